The average molecular weight is 515 g/mol. The third-order valence-corrected chi connectivity index (χ3v) is 5.09. The SMILES string of the molecule is C=CCc1nc(-c2nc(-c3nc(CNC(=O)c4coc(-c5coc(-c6coc(C)n6)n5)n4)co3)co2)co1. The van der Waals surface area contributed by atoms with E-state index in [0.29, 0.717) is 46.7 Å². The van der Waals surface area contributed by atoms with Crippen molar-refractivity contribution in [3.05, 3.63) is 73.4 Å². The summed E-state index contributed by atoms with van der Waals surface area (Å²) in [5, 5.41) is 2.70. The van der Waals surface area contributed by atoms with Gasteiger partial charge in [0.2, 0.25) is 23.6 Å². The third kappa shape index (κ3) is 4.53. The minimum atomic E-state index is -0.481. The highest BCUT2D eigenvalue weighted by Crippen LogP contribution is 2.25. The van der Waals surface area contributed by atoms with Crippen LogP contribution in [0.4, 0.5) is 0 Å². The quantitative estimate of drug-likeness (QED) is 0.270. The summed E-state index contributed by atoms with van der Waals surface area (Å²) in [6.45, 7) is 5.42. The van der Waals surface area contributed by atoms with Crippen LogP contribution >= 0.6 is 0 Å². The van der Waals surface area contributed by atoms with Gasteiger partial charge >= 0.3 is 0 Å². The van der Waals surface area contributed by atoms with Gasteiger partial charge in [0.15, 0.2) is 40.3 Å². The lowest BCUT2D eigenvalue weighted by molar-refractivity contribution is 0.0945. The maximum atomic E-state index is 12.6. The van der Waals surface area contributed by atoms with E-state index in [1.807, 2.05) is 0 Å². The van der Waals surface area contributed by atoms with Gasteiger partial charge in [-0.05, 0) is 0 Å². The molecular formula is C24H17N7O7. The van der Waals surface area contributed by atoms with Crippen LogP contribution in [0.5, 0.6) is 0 Å². The number of allylic oxidation sites excluding steroid dienone is 1. The molecule has 0 unspecified atom stereocenters. The van der Waals surface area contributed by atoms with E-state index in [9.17, 15) is 4.79 Å². The normalized spacial score (nSPS) is 11.2. The molecular weight excluding hydrogens is 498 g/mol. The fourth-order valence-electron chi connectivity index (χ4n) is 3.33. The fraction of sp³-hybridized carbons (Fsp3) is 0.125. The molecule has 14 heteroatoms. The Morgan fingerprint density at radius 1 is 0.737 bits per heavy atom. The first-order valence-electron chi connectivity index (χ1n) is 11.1. The highest BCUT2D eigenvalue weighted by molar-refractivity contribution is 5.92. The van der Waals surface area contributed by atoms with Crippen LogP contribution in [-0.4, -0.2) is 35.8 Å². The largest absolute Gasteiger partial charge is 0.448 e. The molecule has 0 spiro atoms. The summed E-state index contributed by atoms with van der Waals surface area (Å²) in [4.78, 5) is 38.1. The van der Waals surface area contributed by atoms with Gasteiger partial charge in [-0.1, -0.05) is 6.08 Å². The van der Waals surface area contributed by atoms with Crippen molar-refractivity contribution < 1.29 is 31.3 Å². The molecule has 190 valence electrons. The number of carbonyl (C=O) groups is 1. The third-order valence-electron chi connectivity index (χ3n) is 5.09. The standard InChI is InChI=1S/C24H17N7O7/c1-3-4-19-28-16(9-34-19)23-30-17(10-38-23)21-27-13(6-35-21)5-25-20(32)14-7-36-24(29-14)18-11-37-22(31-18)15-8-33-12(2)26-15/h3,6-11H,1,4-5H2,2H3,(H,25,32). The van der Waals surface area contributed by atoms with Gasteiger partial charge in [0.1, 0.15) is 37.6 Å². The van der Waals surface area contributed by atoms with E-state index in [1.165, 1.54) is 37.6 Å². The van der Waals surface area contributed by atoms with E-state index < -0.39 is 5.91 Å². The van der Waals surface area contributed by atoms with Crippen LogP contribution in [0, 0.1) is 6.92 Å². The Hall–Kier alpha value is -5.53. The van der Waals surface area contributed by atoms with E-state index >= 15 is 0 Å². The Bertz CT molecular complexity index is 1730. The zero-order chi connectivity index (χ0) is 26.1. The smallest absolute Gasteiger partial charge is 0.273 e. The molecule has 0 bridgehead atoms. The zero-order valence-corrected chi connectivity index (χ0v) is 19.7. The summed E-state index contributed by atoms with van der Waals surface area (Å²) in [7, 11) is 0. The van der Waals surface area contributed by atoms with E-state index in [-0.39, 0.29) is 35.8 Å². The first kappa shape index (κ1) is 22.9. The van der Waals surface area contributed by atoms with Crippen molar-refractivity contribution in [2.45, 2.75) is 19.9 Å². The summed E-state index contributed by atoms with van der Waals surface area (Å²) in [5.74, 6) is 1.31. The first-order valence-corrected chi connectivity index (χ1v) is 11.1. The molecule has 0 atom stereocenters. The number of oxazole rings is 6. The summed E-state index contributed by atoms with van der Waals surface area (Å²) in [5.41, 5.74) is 2.04. The topological polar surface area (TPSA) is 185 Å². The molecule has 38 heavy (non-hydrogen) atoms. The first-order chi connectivity index (χ1) is 18.6. The van der Waals surface area contributed by atoms with Gasteiger partial charge in [-0.25, -0.2) is 29.9 Å². The number of hydrogen-bond donors (Lipinski definition) is 1. The van der Waals surface area contributed by atoms with Crippen LogP contribution in [0.1, 0.15) is 28.0 Å². The highest BCUT2D eigenvalue weighted by Gasteiger charge is 2.20. The Morgan fingerprint density at radius 3 is 2.03 bits per heavy atom. The average Bonchev–Trinajstić information content (AvgIpc) is 3.75. The minimum Gasteiger partial charge on any atom is -0.448 e. The molecule has 6 rings (SSSR count). The minimum absolute atomic E-state index is 0.0510. The maximum absolute atomic E-state index is 12.6. The predicted octanol–water partition coefficient (Wildman–Crippen LogP) is 4.25. The Kier molecular flexibility index (Phi) is 5.72. The predicted molar refractivity (Wildman–Crippen MR) is 125 cm³/mol. The summed E-state index contributed by atoms with van der Waals surface area (Å²) in [6, 6.07) is 0. The van der Waals surface area contributed by atoms with E-state index in [2.05, 4.69) is 41.8 Å². The number of aromatic nitrogens is 6. The number of carbonyl (C=O) groups excluding carboxylic acids is 1. The van der Waals surface area contributed by atoms with Crippen molar-refractivity contribution >= 4 is 5.91 Å². The number of nitrogens with one attached hydrogen (secondary N) is 1. The molecule has 6 aromatic heterocycles. The number of aryl methyl sites for hydroxylation is 1. The number of amides is 1. The van der Waals surface area contributed by atoms with Gasteiger partial charge in [0.25, 0.3) is 5.91 Å². The molecule has 1 N–H and O–H groups in total. The molecule has 6 heterocycles. The van der Waals surface area contributed by atoms with Crippen molar-refractivity contribution in [3.63, 3.8) is 0 Å². The number of rotatable bonds is 9. The van der Waals surface area contributed by atoms with Crippen LogP contribution in [0.25, 0.3) is 46.3 Å². The van der Waals surface area contributed by atoms with Crippen LogP contribution in [-0.2, 0) is 13.0 Å². The van der Waals surface area contributed by atoms with Crippen molar-refractivity contribution in [1.82, 2.24) is 35.2 Å². The molecule has 0 aliphatic heterocycles. The fourth-order valence-corrected chi connectivity index (χ4v) is 3.33. The van der Waals surface area contributed by atoms with Crippen LogP contribution in [0.3, 0.4) is 0 Å². The van der Waals surface area contributed by atoms with Crippen molar-refractivity contribution in [2.75, 3.05) is 0 Å². The van der Waals surface area contributed by atoms with Crippen LogP contribution in [0.15, 0.2) is 76.7 Å². The van der Waals surface area contributed by atoms with Crippen LogP contribution < -0.4 is 5.32 Å². The second-order valence-electron chi connectivity index (χ2n) is 7.81. The Labute approximate surface area is 212 Å². The van der Waals surface area contributed by atoms with Gasteiger partial charge in [0.05, 0.1) is 12.2 Å². The second-order valence-corrected chi connectivity index (χ2v) is 7.81. The van der Waals surface area contributed by atoms with Gasteiger partial charge in [0, 0.05) is 13.3 Å². The molecule has 0 aliphatic carbocycles. The van der Waals surface area contributed by atoms with E-state index in [1.54, 1.807) is 13.0 Å². The lowest BCUT2D eigenvalue weighted by atomic mass is 10.4. The van der Waals surface area contributed by atoms with Crippen LogP contribution in [0.2, 0.25) is 0 Å². The van der Waals surface area contributed by atoms with Crippen molar-refractivity contribution in [1.29, 1.82) is 0 Å². The van der Waals surface area contributed by atoms with Gasteiger partial charge < -0.3 is 31.8 Å². The molecule has 0 aromatic carbocycles. The number of nitrogens with zero attached hydrogens (tertiary/aromatic N) is 6. The number of hydrogen-bond acceptors (Lipinski definition) is 13. The molecule has 6 aromatic rings. The Morgan fingerprint density at radius 2 is 1.32 bits per heavy atom. The molecule has 0 saturated carbocycles. The monoisotopic (exact) mass is 515 g/mol. The highest BCUT2D eigenvalue weighted by atomic mass is 16.4. The summed E-state index contributed by atoms with van der Waals surface area (Å²) < 4.78 is 32.2. The summed E-state index contributed by atoms with van der Waals surface area (Å²) >= 11 is 0. The molecule has 0 fully saturated rings. The molecule has 14 nitrogen and oxygen atoms in total. The van der Waals surface area contributed by atoms with Crippen molar-refractivity contribution in [3.8, 4) is 46.3 Å². The van der Waals surface area contributed by atoms with E-state index in [0.717, 1.165) is 0 Å². The summed E-state index contributed by atoms with van der Waals surface area (Å²) in [6.07, 6.45) is 10.4. The molecule has 0 aliphatic rings. The lowest BCUT2D eigenvalue weighted by Gasteiger charge is -1.98. The molecule has 0 radical (unpaired) electrons. The Balaban J connectivity index is 1.08. The second kappa shape index (κ2) is 9.50. The lowest BCUT2D eigenvalue weighted by Crippen LogP contribution is -2.23. The van der Waals surface area contributed by atoms with Gasteiger partial charge in [-0.15, -0.1) is 6.58 Å². The van der Waals surface area contributed by atoms with Gasteiger partial charge in [-0.2, -0.15) is 0 Å². The van der Waals surface area contributed by atoms with Crippen molar-refractivity contribution in [2.24, 2.45) is 0 Å². The maximum Gasteiger partial charge on any atom is 0.273 e. The van der Waals surface area contributed by atoms with E-state index in [4.69, 9.17) is 26.5 Å². The van der Waals surface area contributed by atoms with Gasteiger partial charge in [-0.3, -0.25) is 4.79 Å². The zero-order valence-electron chi connectivity index (χ0n) is 19.7. The molecule has 0 saturated heterocycles. The molecule has 1 amide bonds.